The lowest BCUT2D eigenvalue weighted by Crippen LogP contribution is -2.61. The summed E-state index contributed by atoms with van der Waals surface area (Å²) in [6.45, 7) is 5.86. The molecule has 0 amide bonds. The zero-order chi connectivity index (χ0) is 54.7. The SMILES string of the molecule is CC/C=C\C/C=C\C/C=C\C/C=C\CCCCCCC(=O)OCC(COC1OC(C(=O)O)C(O)C(O)C1OC(=O)CCCCCCC/C=C\CCCCCCCC)OC(=O)CCCCCCCCCCCCCCC. The number of carbonyl (C=O) groups excluding carboxylic acids is 3. The molecule has 12 nitrogen and oxygen atoms in total. The van der Waals surface area contributed by atoms with E-state index in [2.05, 4.69) is 81.5 Å². The highest BCUT2D eigenvalue weighted by Crippen LogP contribution is 2.26. The third-order valence-corrected chi connectivity index (χ3v) is 13.6. The molecule has 1 heterocycles. The van der Waals surface area contributed by atoms with Gasteiger partial charge in [-0.3, -0.25) is 14.4 Å². The molecule has 75 heavy (non-hydrogen) atoms. The van der Waals surface area contributed by atoms with Crippen LogP contribution in [0.4, 0.5) is 0 Å². The maximum atomic E-state index is 13.1. The van der Waals surface area contributed by atoms with Gasteiger partial charge in [-0.2, -0.15) is 0 Å². The first-order valence-electron chi connectivity index (χ1n) is 30.3. The van der Waals surface area contributed by atoms with E-state index in [0.717, 1.165) is 109 Å². The summed E-state index contributed by atoms with van der Waals surface area (Å²) in [7, 11) is 0. The highest BCUT2D eigenvalue weighted by atomic mass is 16.7. The predicted octanol–water partition coefficient (Wildman–Crippen LogP) is 15.6. The lowest BCUT2D eigenvalue weighted by atomic mass is 9.98. The van der Waals surface area contributed by atoms with Gasteiger partial charge in [-0.25, -0.2) is 4.79 Å². The molecule has 0 bridgehead atoms. The van der Waals surface area contributed by atoms with Crippen molar-refractivity contribution in [3.8, 4) is 0 Å². The molecule has 0 radical (unpaired) electrons. The molecular formula is C63H108O12. The van der Waals surface area contributed by atoms with E-state index in [1.165, 1.54) is 96.3 Å². The molecular weight excluding hydrogens is 949 g/mol. The number of aliphatic hydroxyl groups is 2. The quantitative estimate of drug-likeness (QED) is 0.0228. The molecule has 1 rings (SSSR count). The summed E-state index contributed by atoms with van der Waals surface area (Å²) in [6, 6.07) is 0. The van der Waals surface area contributed by atoms with Gasteiger partial charge in [0.05, 0.1) is 6.61 Å². The van der Waals surface area contributed by atoms with Crippen LogP contribution in [0.2, 0.25) is 0 Å². The average Bonchev–Trinajstić information content (AvgIpc) is 3.39. The van der Waals surface area contributed by atoms with Gasteiger partial charge in [0.25, 0.3) is 0 Å². The first-order chi connectivity index (χ1) is 36.6. The molecule has 1 fully saturated rings. The van der Waals surface area contributed by atoms with E-state index in [1.807, 2.05) is 0 Å². The van der Waals surface area contributed by atoms with Gasteiger partial charge in [-0.05, 0) is 83.5 Å². The Bertz CT molecular complexity index is 1540. The van der Waals surface area contributed by atoms with Crippen molar-refractivity contribution in [2.45, 2.75) is 302 Å². The van der Waals surface area contributed by atoms with Crippen molar-refractivity contribution < 1.29 is 58.2 Å². The van der Waals surface area contributed by atoms with Crippen LogP contribution >= 0.6 is 0 Å². The number of esters is 3. The van der Waals surface area contributed by atoms with Crippen LogP contribution in [-0.2, 0) is 42.9 Å². The molecule has 1 aliphatic rings. The number of unbranched alkanes of at least 4 members (excludes halogenated alkanes) is 27. The van der Waals surface area contributed by atoms with E-state index in [0.29, 0.717) is 19.3 Å². The standard InChI is InChI=1S/C63H108O12/c1-4-7-10-13-16-19-22-25-27-28-30-32-34-37-40-43-46-49-55(64)71-52-54(73-56(65)50-47-44-41-38-35-31-24-21-18-15-12-9-6-3)53-72-63-61(59(68)58(67)60(75-63)62(69)70)74-57(66)51-48-45-42-39-36-33-29-26-23-20-17-14-11-8-5-2/h7,10,16,19,25-27,29-30,32,54,58-61,63,67-68H,4-6,8-9,11-15,17-18,20-24,28,31,33-53H2,1-3H3,(H,69,70)/b10-7-,19-16-,27-25-,29-26-,32-30-. The number of carbonyl (C=O) groups is 4. The molecule has 6 unspecified atom stereocenters. The number of rotatable bonds is 51. The number of aliphatic hydroxyl groups excluding tert-OH is 2. The van der Waals surface area contributed by atoms with Gasteiger partial charge in [0.2, 0.25) is 0 Å². The van der Waals surface area contributed by atoms with Gasteiger partial charge in [0.1, 0.15) is 18.8 Å². The van der Waals surface area contributed by atoms with E-state index >= 15 is 0 Å². The van der Waals surface area contributed by atoms with E-state index in [-0.39, 0.29) is 25.9 Å². The van der Waals surface area contributed by atoms with Crippen LogP contribution in [0.1, 0.15) is 265 Å². The van der Waals surface area contributed by atoms with Gasteiger partial charge < -0.3 is 39.0 Å². The molecule has 3 N–H and O–H groups in total. The van der Waals surface area contributed by atoms with Crippen molar-refractivity contribution in [2.24, 2.45) is 0 Å². The van der Waals surface area contributed by atoms with Crippen LogP contribution in [0.3, 0.4) is 0 Å². The van der Waals surface area contributed by atoms with Crippen LogP contribution in [0.5, 0.6) is 0 Å². The molecule has 0 aliphatic carbocycles. The van der Waals surface area contributed by atoms with Crippen LogP contribution < -0.4 is 0 Å². The van der Waals surface area contributed by atoms with Gasteiger partial charge in [0.15, 0.2) is 24.6 Å². The summed E-state index contributed by atoms with van der Waals surface area (Å²) in [5.74, 6) is -3.15. The summed E-state index contributed by atoms with van der Waals surface area (Å²) in [6.07, 6.45) is 50.4. The minimum absolute atomic E-state index is 0.0488. The summed E-state index contributed by atoms with van der Waals surface area (Å²) in [5.41, 5.74) is 0. The van der Waals surface area contributed by atoms with Crippen molar-refractivity contribution in [2.75, 3.05) is 13.2 Å². The molecule has 6 atom stereocenters. The zero-order valence-corrected chi connectivity index (χ0v) is 47.5. The Hall–Kier alpha value is -3.58. The van der Waals surface area contributed by atoms with Gasteiger partial charge >= 0.3 is 23.9 Å². The highest BCUT2D eigenvalue weighted by molar-refractivity contribution is 5.74. The average molecular weight is 1060 g/mol. The third kappa shape index (κ3) is 41.2. The van der Waals surface area contributed by atoms with Crippen LogP contribution in [-0.4, -0.2) is 89.2 Å². The Balaban J connectivity index is 2.70. The molecule has 0 aromatic rings. The lowest BCUT2D eigenvalue weighted by Gasteiger charge is -2.40. The highest BCUT2D eigenvalue weighted by Gasteiger charge is 2.50. The fraction of sp³-hybridized carbons (Fsp3) is 0.778. The Labute approximate surface area is 456 Å². The number of allylic oxidation sites excluding steroid dienone is 10. The summed E-state index contributed by atoms with van der Waals surface area (Å²) in [5, 5.41) is 31.5. The Morgan fingerprint density at radius 1 is 0.453 bits per heavy atom. The van der Waals surface area contributed by atoms with E-state index < -0.39 is 67.3 Å². The second-order valence-electron chi connectivity index (χ2n) is 20.6. The lowest BCUT2D eigenvalue weighted by molar-refractivity contribution is -0.301. The number of carboxylic acid groups (broad SMARTS) is 1. The van der Waals surface area contributed by atoms with Crippen molar-refractivity contribution in [1.82, 2.24) is 0 Å². The van der Waals surface area contributed by atoms with Gasteiger partial charge in [-0.1, -0.05) is 223 Å². The number of carboxylic acids is 1. The minimum atomic E-state index is -1.91. The van der Waals surface area contributed by atoms with E-state index in [1.54, 1.807) is 0 Å². The maximum absolute atomic E-state index is 13.1. The zero-order valence-electron chi connectivity index (χ0n) is 47.5. The van der Waals surface area contributed by atoms with Gasteiger partial charge in [0, 0.05) is 19.3 Å². The molecule has 0 spiro atoms. The molecule has 0 aromatic carbocycles. The topological polar surface area (TPSA) is 175 Å². The third-order valence-electron chi connectivity index (χ3n) is 13.6. The van der Waals surface area contributed by atoms with Crippen LogP contribution in [0.15, 0.2) is 60.8 Å². The Morgan fingerprint density at radius 2 is 0.840 bits per heavy atom. The molecule has 0 saturated carbocycles. The van der Waals surface area contributed by atoms with Crippen molar-refractivity contribution >= 4 is 23.9 Å². The molecule has 12 heteroatoms. The molecule has 1 saturated heterocycles. The second-order valence-corrected chi connectivity index (χ2v) is 20.6. The smallest absolute Gasteiger partial charge is 0.335 e. The van der Waals surface area contributed by atoms with E-state index in [4.69, 9.17) is 23.7 Å². The summed E-state index contributed by atoms with van der Waals surface area (Å²) >= 11 is 0. The number of hydrogen-bond acceptors (Lipinski definition) is 11. The first-order valence-corrected chi connectivity index (χ1v) is 30.3. The first kappa shape index (κ1) is 69.4. The number of hydrogen-bond donors (Lipinski definition) is 3. The Morgan fingerprint density at radius 3 is 1.29 bits per heavy atom. The fourth-order valence-electron chi connectivity index (χ4n) is 8.94. The summed E-state index contributed by atoms with van der Waals surface area (Å²) in [4.78, 5) is 51.1. The molecule has 0 aromatic heterocycles. The van der Waals surface area contributed by atoms with Gasteiger partial charge in [-0.15, -0.1) is 0 Å². The predicted molar refractivity (Wildman–Crippen MR) is 303 cm³/mol. The maximum Gasteiger partial charge on any atom is 0.335 e. The fourth-order valence-corrected chi connectivity index (χ4v) is 8.94. The minimum Gasteiger partial charge on any atom is -0.479 e. The summed E-state index contributed by atoms with van der Waals surface area (Å²) < 4.78 is 28.4. The number of ether oxygens (including phenoxy) is 5. The second kappa shape index (κ2) is 51.2. The molecule has 432 valence electrons. The Kier molecular flexibility index (Phi) is 47.4. The largest absolute Gasteiger partial charge is 0.479 e. The van der Waals surface area contributed by atoms with E-state index in [9.17, 15) is 34.5 Å². The van der Waals surface area contributed by atoms with Crippen LogP contribution in [0.25, 0.3) is 0 Å². The molecule has 1 aliphatic heterocycles. The monoisotopic (exact) mass is 1060 g/mol. The number of aliphatic carboxylic acids is 1. The normalized spacial score (nSPS) is 18.5. The van der Waals surface area contributed by atoms with Crippen LogP contribution in [0, 0.1) is 0 Å². The van der Waals surface area contributed by atoms with Crippen molar-refractivity contribution in [3.63, 3.8) is 0 Å². The van der Waals surface area contributed by atoms with Crippen molar-refractivity contribution in [1.29, 1.82) is 0 Å². The van der Waals surface area contributed by atoms with Crippen molar-refractivity contribution in [3.05, 3.63) is 60.8 Å².